The number of hydrogen-bond donors (Lipinski definition) is 1. The fraction of sp³-hybridized carbons (Fsp3) is 0.227. The number of para-hydroxylation sites is 1. The van der Waals surface area contributed by atoms with Crippen molar-refractivity contribution in [2.24, 2.45) is 0 Å². The molecule has 0 aliphatic carbocycles. The highest BCUT2D eigenvalue weighted by molar-refractivity contribution is 6.32. The number of rotatable bonds is 7. The second kappa shape index (κ2) is 9.53. The molecular formula is C22H21ClN2O6. The standard InChI is InChI=1S/C22H21ClN2O6/c1-4-30-22(28)13(2)31-19-14(10-15(23)12-18(19)29-3)11-17-20(26)24-25(21(17)27)16-8-6-5-7-9-16/h5-13H,4H2,1-3H3,(H,24,26)/b17-11+/t13-/m0/s1. The van der Waals surface area contributed by atoms with E-state index in [0.29, 0.717) is 16.3 Å². The highest BCUT2D eigenvalue weighted by atomic mass is 35.5. The molecule has 0 spiro atoms. The SMILES string of the molecule is CCOC(=O)[C@H](C)Oc1c(/C=C2\C(=O)NN(c3ccccc3)C2=O)cc(Cl)cc1OC. The number of esters is 1. The maximum absolute atomic E-state index is 12.9. The molecule has 1 fully saturated rings. The molecule has 0 bridgehead atoms. The molecule has 0 aromatic heterocycles. The predicted molar refractivity (Wildman–Crippen MR) is 115 cm³/mol. The fourth-order valence-corrected chi connectivity index (χ4v) is 3.15. The zero-order chi connectivity index (χ0) is 22.5. The maximum atomic E-state index is 12.9. The van der Waals surface area contributed by atoms with Crippen LogP contribution in [0, 0.1) is 0 Å². The van der Waals surface area contributed by atoms with Crippen LogP contribution in [0.25, 0.3) is 6.08 Å². The Labute approximate surface area is 184 Å². The van der Waals surface area contributed by atoms with Crippen molar-refractivity contribution in [3.63, 3.8) is 0 Å². The molecule has 3 rings (SSSR count). The van der Waals surface area contributed by atoms with E-state index < -0.39 is 23.9 Å². The zero-order valence-corrected chi connectivity index (χ0v) is 17.9. The van der Waals surface area contributed by atoms with E-state index in [-0.39, 0.29) is 23.7 Å². The van der Waals surface area contributed by atoms with Crippen LogP contribution in [0.1, 0.15) is 19.4 Å². The van der Waals surface area contributed by atoms with Crippen LogP contribution in [0.15, 0.2) is 48.0 Å². The van der Waals surface area contributed by atoms with Gasteiger partial charge in [-0.25, -0.2) is 9.80 Å². The molecular weight excluding hydrogens is 424 g/mol. The lowest BCUT2D eigenvalue weighted by Gasteiger charge is -2.18. The molecule has 2 aromatic carbocycles. The number of ether oxygens (including phenoxy) is 3. The van der Waals surface area contributed by atoms with Crippen LogP contribution in [0.2, 0.25) is 5.02 Å². The van der Waals surface area contributed by atoms with Crippen molar-refractivity contribution in [2.75, 3.05) is 18.7 Å². The van der Waals surface area contributed by atoms with Crippen LogP contribution < -0.4 is 19.9 Å². The van der Waals surface area contributed by atoms with E-state index >= 15 is 0 Å². The van der Waals surface area contributed by atoms with Gasteiger partial charge in [-0.3, -0.25) is 15.0 Å². The van der Waals surface area contributed by atoms with Gasteiger partial charge < -0.3 is 14.2 Å². The second-order valence-electron chi connectivity index (χ2n) is 6.51. The van der Waals surface area contributed by atoms with Crippen molar-refractivity contribution >= 4 is 41.1 Å². The first kappa shape index (κ1) is 22.2. The van der Waals surface area contributed by atoms with Crippen LogP contribution in [0.4, 0.5) is 5.69 Å². The van der Waals surface area contributed by atoms with Gasteiger partial charge >= 0.3 is 5.97 Å². The summed E-state index contributed by atoms with van der Waals surface area (Å²) in [6.07, 6.45) is 0.392. The Kier molecular flexibility index (Phi) is 6.81. The molecule has 0 radical (unpaired) electrons. The van der Waals surface area contributed by atoms with E-state index in [1.54, 1.807) is 37.3 Å². The lowest BCUT2D eigenvalue weighted by Crippen LogP contribution is -2.35. The van der Waals surface area contributed by atoms with E-state index in [1.165, 1.54) is 32.2 Å². The normalized spacial score (nSPS) is 15.6. The number of anilines is 1. The van der Waals surface area contributed by atoms with Gasteiger partial charge in [-0.05, 0) is 38.1 Å². The summed E-state index contributed by atoms with van der Waals surface area (Å²) in [7, 11) is 1.41. The third-order valence-electron chi connectivity index (χ3n) is 4.39. The van der Waals surface area contributed by atoms with Gasteiger partial charge in [0.25, 0.3) is 11.8 Å². The molecule has 1 heterocycles. The number of methoxy groups -OCH3 is 1. The third kappa shape index (κ3) is 4.80. The summed E-state index contributed by atoms with van der Waals surface area (Å²) in [6, 6.07) is 11.7. The molecule has 1 saturated heterocycles. The van der Waals surface area contributed by atoms with Gasteiger partial charge in [0.2, 0.25) is 0 Å². The highest BCUT2D eigenvalue weighted by Gasteiger charge is 2.35. The van der Waals surface area contributed by atoms with Crippen LogP contribution in [-0.4, -0.2) is 37.6 Å². The van der Waals surface area contributed by atoms with Gasteiger partial charge in [0.1, 0.15) is 5.57 Å². The number of benzene rings is 2. The molecule has 0 saturated carbocycles. The fourth-order valence-electron chi connectivity index (χ4n) is 2.93. The second-order valence-corrected chi connectivity index (χ2v) is 6.95. The minimum absolute atomic E-state index is 0.123. The number of nitrogens with zero attached hydrogens (tertiary/aromatic N) is 1. The first-order chi connectivity index (χ1) is 14.8. The van der Waals surface area contributed by atoms with E-state index in [9.17, 15) is 14.4 Å². The Hall–Kier alpha value is -3.52. The Morgan fingerprint density at radius 1 is 1.23 bits per heavy atom. The van der Waals surface area contributed by atoms with E-state index in [0.717, 1.165) is 5.01 Å². The largest absolute Gasteiger partial charge is 0.493 e. The van der Waals surface area contributed by atoms with Gasteiger partial charge in [0.15, 0.2) is 17.6 Å². The summed E-state index contributed by atoms with van der Waals surface area (Å²) >= 11 is 6.18. The number of amides is 2. The number of hydrogen-bond acceptors (Lipinski definition) is 6. The molecule has 8 nitrogen and oxygen atoms in total. The van der Waals surface area contributed by atoms with E-state index in [1.807, 2.05) is 0 Å². The van der Waals surface area contributed by atoms with Crippen LogP contribution >= 0.6 is 11.6 Å². The molecule has 31 heavy (non-hydrogen) atoms. The monoisotopic (exact) mass is 444 g/mol. The lowest BCUT2D eigenvalue weighted by molar-refractivity contribution is -0.150. The maximum Gasteiger partial charge on any atom is 0.347 e. The summed E-state index contributed by atoms with van der Waals surface area (Å²) in [5, 5.41) is 1.45. The summed E-state index contributed by atoms with van der Waals surface area (Å²) in [6.45, 7) is 3.41. The van der Waals surface area contributed by atoms with Crippen LogP contribution in [0.5, 0.6) is 11.5 Å². The summed E-state index contributed by atoms with van der Waals surface area (Å²) in [5.74, 6) is -1.31. The molecule has 162 valence electrons. The Bertz CT molecular complexity index is 1040. The number of hydrazine groups is 1. The molecule has 2 amide bonds. The molecule has 1 atom stereocenters. The predicted octanol–water partition coefficient (Wildman–Crippen LogP) is 3.14. The molecule has 0 unspecified atom stereocenters. The number of nitrogens with one attached hydrogen (secondary N) is 1. The van der Waals surface area contributed by atoms with Gasteiger partial charge in [-0.2, -0.15) is 0 Å². The van der Waals surface area contributed by atoms with E-state index in [4.69, 9.17) is 25.8 Å². The third-order valence-corrected chi connectivity index (χ3v) is 4.61. The van der Waals surface area contributed by atoms with Crippen molar-refractivity contribution in [1.29, 1.82) is 0 Å². The number of carbonyl (C=O) groups excluding carboxylic acids is 3. The van der Waals surface area contributed by atoms with Gasteiger partial charge in [-0.1, -0.05) is 29.8 Å². The molecule has 2 aromatic rings. The average Bonchev–Trinajstić information content (AvgIpc) is 3.04. The van der Waals surface area contributed by atoms with Crippen LogP contribution in [0.3, 0.4) is 0 Å². The van der Waals surface area contributed by atoms with Crippen molar-refractivity contribution in [3.05, 3.63) is 58.6 Å². The molecule has 9 heteroatoms. The van der Waals surface area contributed by atoms with Crippen molar-refractivity contribution in [3.8, 4) is 11.5 Å². The van der Waals surface area contributed by atoms with Gasteiger partial charge in [-0.15, -0.1) is 0 Å². The summed E-state index contributed by atoms with van der Waals surface area (Å²) < 4.78 is 16.1. The van der Waals surface area contributed by atoms with E-state index in [2.05, 4.69) is 5.43 Å². The minimum atomic E-state index is -0.957. The van der Waals surface area contributed by atoms with Crippen molar-refractivity contribution in [2.45, 2.75) is 20.0 Å². The lowest BCUT2D eigenvalue weighted by atomic mass is 10.1. The average molecular weight is 445 g/mol. The topological polar surface area (TPSA) is 94.2 Å². The molecule has 1 aliphatic heterocycles. The van der Waals surface area contributed by atoms with Gasteiger partial charge in [0, 0.05) is 16.7 Å². The first-order valence-electron chi connectivity index (χ1n) is 9.48. The summed E-state index contributed by atoms with van der Waals surface area (Å²) in [4.78, 5) is 37.4. The summed E-state index contributed by atoms with van der Waals surface area (Å²) in [5.41, 5.74) is 3.22. The highest BCUT2D eigenvalue weighted by Crippen LogP contribution is 2.37. The zero-order valence-electron chi connectivity index (χ0n) is 17.2. The van der Waals surface area contributed by atoms with Crippen LogP contribution in [-0.2, 0) is 19.1 Å². The van der Waals surface area contributed by atoms with Crippen molar-refractivity contribution < 1.29 is 28.6 Å². The van der Waals surface area contributed by atoms with Gasteiger partial charge in [0.05, 0.1) is 19.4 Å². The minimum Gasteiger partial charge on any atom is -0.493 e. The van der Waals surface area contributed by atoms with Crippen molar-refractivity contribution in [1.82, 2.24) is 5.43 Å². The molecule has 1 N–H and O–H groups in total. The first-order valence-corrected chi connectivity index (χ1v) is 9.86. The Balaban J connectivity index is 2.01. The Morgan fingerprint density at radius 3 is 2.58 bits per heavy atom. The number of carbonyl (C=O) groups is 3. The smallest absolute Gasteiger partial charge is 0.347 e. The Morgan fingerprint density at radius 2 is 1.94 bits per heavy atom. The quantitative estimate of drug-likeness (QED) is 0.400. The molecule has 1 aliphatic rings. The number of halogens is 1.